The monoisotopic (exact) mass is 316 g/mol. The zero-order valence-corrected chi connectivity index (χ0v) is 12.5. The minimum Gasteiger partial charge on any atom is -0.445 e. The number of pyridine rings is 1. The highest BCUT2D eigenvalue weighted by Crippen LogP contribution is 2.14. The molecule has 0 unspecified atom stereocenters. The molecular formula is C12H17BrN2O3. The van der Waals surface area contributed by atoms with E-state index in [0.29, 0.717) is 5.56 Å². The van der Waals surface area contributed by atoms with Gasteiger partial charge in [0.25, 0.3) is 5.56 Å². The summed E-state index contributed by atoms with van der Waals surface area (Å²) in [4.78, 5) is 22.9. The van der Waals surface area contributed by atoms with Crippen molar-refractivity contribution >= 4 is 22.0 Å². The Morgan fingerprint density at radius 2 is 2.11 bits per heavy atom. The molecule has 0 saturated heterocycles. The Morgan fingerprint density at radius 1 is 1.50 bits per heavy atom. The smallest absolute Gasteiger partial charge is 0.407 e. The molecule has 0 radical (unpaired) electrons. The summed E-state index contributed by atoms with van der Waals surface area (Å²) in [6.07, 6.45) is 1.14. The van der Waals surface area contributed by atoms with Crippen molar-refractivity contribution in [3.05, 3.63) is 32.7 Å². The van der Waals surface area contributed by atoms with Crippen LogP contribution in [0.4, 0.5) is 4.79 Å². The summed E-state index contributed by atoms with van der Waals surface area (Å²) in [5.74, 6) is 0. The molecule has 1 heterocycles. The first-order chi connectivity index (χ1) is 8.19. The van der Waals surface area contributed by atoms with Gasteiger partial charge in [-0.2, -0.15) is 0 Å². The quantitative estimate of drug-likeness (QED) is 0.909. The van der Waals surface area contributed by atoms with Crippen LogP contribution in [-0.4, -0.2) is 16.2 Å². The van der Waals surface area contributed by atoms with E-state index in [4.69, 9.17) is 4.74 Å². The number of rotatable bonds is 2. The number of aromatic nitrogens is 1. The molecule has 1 rings (SSSR count). The highest BCUT2D eigenvalue weighted by molar-refractivity contribution is 9.10. The van der Waals surface area contributed by atoms with E-state index in [1.165, 1.54) is 10.6 Å². The highest BCUT2D eigenvalue weighted by Gasteiger charge is 2.15. The molecule has 100 valence electrons. The topological polar surface area (TPSA) is 60.3 Å². The van der Waals surface area contributed by atoms with Crippen LogP contribution in [0.1, 0.15) is 26.3 Å². The maximum atomic E-state index is 11.5. The molecule has 0 aliphatic heterocycles. The van der Waals surface area contributed by atoms with E-state index in [0.717, 1.165) is 4.47 Å². The molecular weight excluding hydrogens is 300 g/mol. The summed E-state index contributed by atoms with van der Waals surface area (Å²) < 4.78 is 7.23. The fourth-order valence-corrected chi connectivity index (χ4v) is 1.77. The van der Waals surface area contributed by atoms with E-state index in [-0.39, 0.29) is 17.7 Å². The van der Waals surface area contributed by atoms with Crippen LogP contribution in [0.25, 0.3) is 0 Å². The van der Waals surface area contributed by atoms with Crippen LogP contribution in [0.5, 0.6) is 0 Å². The van der Waals surface area contributed by atoms with Crippen LogP contribution in [0, 0.1) is 0 Å². The van der Waals surface area contributed by atoms with Crippen molar-refractivity contribution in [3.8, 4) is 0 Å². The van der Waals surface area contributed by atoms with Gasteiger partial charge in [-0.05, 0) is 36.7 Å². The number of nitrogens with zero attached hydrogens (tertiary/aromatic N) is 1. The van der Waals surface area contributed by atoms with Gasteiger partial charge in [0.15, 0.2) is 0 Å². The van der Waals surface area contributed by atoms with Crippen molar-refractivity contribution in [1.82, 2.24) is 9.88 Å². The second kappa shape index (κ2) is 5.56. The average molecular weight is 317 g/mol. The highest BCUT2D eigenvalue weighted by atomic mass is 79.9. The number of nitrogens with one attached hydrogen (secondary N) is 1. The number of hydrogen-bond donors (Lipinski definition) is 1. The van der Waals surface area contributed by atoms with Crippen LogP contribution in [-0.2, 0) is 18.4 Å². The number of carbonyl (C=O) groups excluding carboxylic acids is 1. The summed E-state index contributed by atoms with van der Waals surface area (Å²) in [7, 11) is 1.66. The molecule has 5 nitrogen and oxygen atoms in total. The Morgan fingerprint density at radius 3 is 2.67 bits per heavy atom. The Kier molecular flexibility index (Phi) is 4.56. The SMILES string of the molecule is Cn1cc(Br)c(COC(=O)NC(C)(C)C)cc1=O. The fourth-order valence-electron chi connectivity index (χ4n) is 1.23. The fraction of sp³-hybridized carbons (Fsp3) is 0.500. The van der Waals surface area contributed by atoms with Crippen LogP contribution < -0.4 is 10.9 Å². The zero-order valence-electron chi connectivity index (χ0n) is 10.9. The van der Waals surface area contributed by atoms with Gasteiger partial charge in [-0.1, -0.05) is 0 Å². The first kappa shape index (κ1) is 14.8. The standard InChI is InChI=1S/C12H17BrN2O3/c1-12(2,3)14-11(17)18-7-8-5-10(16)15(4)6-9(8)13/h5-6H,7H2,1-4H3,(H,14,17). The molecule has 18 heavy (non-hydrogen) atoms. The Labute approximate surface area is 114 Å². The van der Waals surface area contributed by atoms with E-state index < -0.39 is 6.09 Å². The van der Waals surface area contributed by atoms with Crippen molar-refractivity contribution in [2.75, 3.05) is 0 Å². The van der Waals surface area contributed by atoms with Gasteiger partial charge in [0, 0.05) is 34.9 Å². The minimum absolute atomic E-state index is 0.0541. The second-order valence-corrected chi connectivity index (χ2v) is 5.90. The van der Waals surface area contributed by atoms with Crippen molar-refractivity contribution in [3.63, 3.8) is 0 Å². The summed E-state index contributed by atoms with van der Waals surface area (Å²) in [6, 6.07) is 1.44. The third kappa shape index (κ3) is 4.52. The number of carbonyl (C=O) groups is 1. The van der Waals surface area contributed by atoms with Crippen LogP contribution in [0.15, 0.2) is 21.5 Å². The molecule has 0 atom stereocenters. The lowest BCUT2D eigenvalue weighted by atomic mass is 10.1. The molecule has 0 aliphatic carbocycles. The maximum absolute atomic E-state index is 11.5. The van der Waals surface area contributed by atoms with E-state index in [9.17, 15) is 9.59 Å². The van der Waals surface area contributed by atoms with Crippen molar-refractivity contribution < 1.29 is 9.53 Å². The van der Waals surface area contributed by atoms with Gasteiger partial charge in [0.2, 0.25) is 0 Å². The normalized spacial score (nSPS) is 11.2. The van der Waals surface area contributed by atoms with Crippen molar-refractivity contribution in [2.45, 2.75) is 32.9 Å². The zero-order chi connectivity index (χ0) is 13.9. The van der Waals surface area contributed by atoms with E-state index in [2.05, 4.69) is 21.2 Å². The Balaban J connectivity index is 2.67. The minimum atomic E-state index is -0.505. The molecule has 1 amide bonds. The number of amides is 1. The molecule has 0 aromatic carbocycles. The summed E-state index contributed by atoms with van der Waals surface area (Å²) in [6.45, 7) is 5.64. The third-order valence-corrected chi connectivity index (χ3v) is 2.81. The molecule has 0 bridgehead atoms. The van der Waals surface area contributed by atoms with Crippen LogP contribution >= 0.6 is 15.9 Å². The number of ether oxygens (including phenoxy) is 1. The summed E-state index contributed by atoms with van der Waals surface area (Å²) >= 11 is 3.32. The van der Waals surface area contributed by atoms with Gasteiger partial charge in [0.05, 0.1) is 0 Å². The van der Waals surface area contributed by atoms with E-state index >= 15 is 0 Å². The van der Waals surface area contributed by atoms with Gasteiger partial charge in [0.1, 0.15) is 6.61 Å². The van der Waals surface area contributed by atoms with Gasteiger partial charge >= 0.3 is 6.09 Å². The van der Waals surface area contributed by atoms with E-state index in [1.54, 1.807) is 13.2 Å². The summed E-state index contributed by atoms with van der Waals surface area (Å²) in [5, 5.41) is 2.68. The van der Waals surface area contributed by atoms with Gasteiger partial charge in [-0.3, -0.25) is 4.79 Å². The molecule has 0 saturated carbocycles. The van der Waals surface area contributed by atoms with E-state index in [1.807, 2.05) is 20.8 Å². The molecule has 0 spiro atoms. The van der Waals surface area contributed by atoms with Crippen LogP contribution in [0.2, 0.25) is 0 Å². The number of aryl methyl sites for hydroxylation is 1. The van der Waals surface area contributed by atoms with Gasteiger partial charge in [-0.15, -0.1) is 0 Å². The first-order valence-corrected chi connectivity index (χ1v) is 6.28. The Bertz CT molecular complexity index is 503. The third-order valence-electron chi connectivity index (χ3n) is 2.09. The molecule has 0 fully saturated rings. The predicted octanol–water partition coefficient (Wildman–Crippen LogP) is 2.17. The van der Waals surface area contributed by atoms with Crippen molar-refractivity contribution in [1.29, 1.82) is 0 Å². The molecule has 6 heteroatoms. The average Bonchev–Trinajstić information content (AvgIpc) is 2.19. The van der Waals surface area contributed by atoms with Crippen LogP contribution in [0.3, 0.4) is 0 Å². The lowest BCUT2D eigenvalue weighted by molar-refractivity contribution is 0.131. The predicted molar refractivity (Wildman–Crippen MR) is 72.5 cm³/mol. The number of alkyl carbamates (subject to hydrolysis) is 1. The Hall–Kier alpha value is -1.30. The molecule has 0 aliphatic rings. The van der Waals surface area contributed by atoms with Crippen molar-refractivity contribution in [2.24, 2.45) is 7.05 Å². The van der Waals surface area contributed by atoms with Gasteiger partial charge < -0.3 is 14.6 Å². The summed E-state index contributed by atoms with van der Waals surface area (Å²) in [5.41, 5.74) is 0.149. The second-order valence-electron chi connectivity index (χ2n) is 5.05. The van der Waals surface area contributed by atoms with Gasteiger partial charge in [-0.25, -0.2) is 4.79 Å². The largest absolute Gasteiger partial charge is 0.445 e. The number of halogens is 1. The molecule has 1 aromatic rings. The number of hydrogen-bond acceptors (Lipinski definition) is 3. The maximum Gasteiger partial charge on any atom is 0.407 e. The lowest BCUT2D eigenvalue weighted by Crippen LogP contribution is -2.40. The molecule has 1 N–H and O–H groups in total. The molecule has 1 aromatic heterocycles. The lowest BCUT2D eigenvalue weighted by Gasteiger charge is -2.20. The first-order valence-electron chi connectivity index (χ1n) is 5.49.